The van der Waals surface area contributed by atoms with Gasteiger partial charge in [-0.3, -0.25) is 0 Å². The zero-order chi connectivity index (χ0) is 39.3. The SMILES string of the molecule is c1ccc2c(c1)Oc1ccc(-c3ccc(-c4ccc(-c5ccc(-c6ccc7c(c6)Oc6cccc8cccc-7c68)c6ccccc56)c5ccccc45)cc3)c3cccc-2c13. The molecule has 0 atom stereocenters. The number of hydrogen-bond acceptors (Lipinski definition) is 2. The highest BCUT2D eigenvalue weighted by Crippen LogP contribution is 2.50. The standard InChI is InChI=1S/C58H34O2/c1-3-14-44-42(12-1)39(35-22-24-36(25-23-35)40-32-33-55-58-50(40)18-9-19-52(58)48-16-5-6-20-53(48)59-55)28-30-46(44)47-31-29-41(43-13-2-4-15-45(43)47)38-26-27-49-51-17-7-10-37-11-8-21-54(57(37)51)60-56(49)34-38/h1-34H. The Labute approximate surface area is 347 Å². The molecule has 0 saturated heterocycles. The van der Waals surface area contributed by atoms with Crippen LogP contribution in [0.4, 0.5) is 0 Å². The van der Waals surface area contributed by atoms with Crippen molar-refractivity contribution in [3.63, 3.8) is 0 Å². The topological polar surface area (TPSA) is 18.5 Å². The van der Waals surface area contributed by atoms with Crippen molar-refractivity contribution < 1.29 is 9.47 Å². The minimum Gasteiger partial charge on any atom is -0.456 e. The molecule has 0 unspecified atom stereocenters. The number of hydrogen-bond donors (Lipinski definition) is 0. The molecule has 0 aromatic heterocycles. The average molecular weight is 763 g/mol. The summed E-state index contributed by atoms with van der Waals surface area (Å²) in [7, 11) is 0. The smallest absolute Gasteiger partial charge is 0.135 e. The van der Waals surface area contributed by atoms with Gasteiger partial charge in [-0.1, -0.05) is 176 Å². The molecule has 0 bridgehead atoms. The molecule has 0 spiro atoms. The Hall–Kier alpha value is -7.94. The zero-order valence-electron chi connectivity index (χ0n) is 32.4. The molecule has 0 aliphatic carbocycles. The Bertz CT molecular complexity index is 3590. The van der Waals surface area contributed by atoms with Gasteiger partial charge in [0.15, 0.2) is 0 Å². The van der Waals surface area contributed by atoms with Crippen LogP contribution in [0.3, 0.4) is 0 Å². The van der Waals surface area contributed by atoms with Crippen LogP contribution in [-0.2, 0) is 0 Å². The second kappa shape index (κ2) is 12.8. The predicted octanol–water partition coefficient (Wildman–Crippen LogP) is 16.5. The van der Waals surface area contributed by atoms with Gasteiger partial charge in [-0.2, -0.15) is 0 Å². The first-order valence-corrected chi connectivity index (χ1v) is 20.6. The summed E-state index contributed by atoms with van der Waals surface area (Å²) in [6.07, 6.45) is 0. The van der Waals surface area contributed by atoms with E-state index in [2.05, 4.69) is 194 Å². The number of ether oxygens (including phenoxy) is 2. The van der Waals surface area contributed by atoms with Crippen molar-refractivity contribution >= 4 is 43.1 Å². The number of benzene rings is 11. The van der Waals surface area contributed by atoms with Crippen LogP contribution in [0.25, 0.3) is 110 Å². The lowest BCUT2D eigenvalue weighted by molar-refractivity contribution is 0.487. The first-order chi connectivity index (χ1) is 29.7. The Morgan fingerprint density at radius 1 is 0.217 bits per heavy atom. The van der Waals surface area contributed by atoms with Crippen LogP contribution in [0.5, 0.6) is 23.0 Å². The third kappa shape index (κ3) is 4.88. The van der Waals surface area contributed by atoms with E-state index in [1.54, 1.807) is 0 Å². The molecule has 2 heteroatoms. The Morgan fingerprint density at radius 2 is 0.633 bits per heavy atom. The number of para-hydroxylation sites is 1. The van der Waals surface area contributed by atoms with Crippen molar-refractivity contribution in [3.05, 3.63) is 206 Å². The molecular formula is C58H34O2. The average Bonchev–Trinajstić information content (AvgIpc) is 3.31. The van der Waals surface area contributed by atoms with Gasteiger partial charge in [0.2, 0.25) is 0 Å². The second-order valence-electron chi connectivity index (χ2n) is 15.9. The van der Waals surface area contributed by atoms with Gasteiger partial charge in [0.05, 0.1) is 0 Å². The van der Waals surface area contributed by atoms with Crippen LogP contribution in [0, 0.1) is 0 Å². The Kier molecular flexibility index (Phi) is 7.05. The Balaban J connectivity index is 0.879. The highest BCUT2D eigenvalue weighted by molar-refractivity contribution is 6.13. The van der Waals surface area contributed by atoms with Gasteiger partial charge in [-0.15, -0.1) is 0 Å². The van der Waals surface area contributed by atoms with Crippen molar-refractivity contribution in [1.82, 2.24) is 0 Å². The lowest BCUT2D eigenvalue weighted by Gasteiger charge is -2.22. The molecule has 0 radical (unpaired) electrons. The Morgan fingerprint density at radius 3 is 1.35 bits per heavy atom. The normalized spacial score (nSPS) is 12.3. The van der Waals surface area contributed by atoms with E-state index in [4.69, 9.17) is 9.47 Å². The molecule has 278 valence electrons. The summed E-state index contributed by atoms with van der Waals surface area (Å²) in [4.78, 5) is 0. The quantitative estimate of drug-likeness (QED) is 0.178. The molecule has 0 N–H and O–H groups in total. The highest BCUT2D eigenvalue weighted by Gasteiger charge is 2.23. The van der Waals surface area contributed by atoms with Crippen LogP contribution < -0.4 is 9.47 Å². The molecule has 0 saturated carbocycles. The van der Waals surface area contributed by atoms with Crippen molar-refractivity contribution in [1.29, 1.82) is 0 Å². The van der Waals surface area contributed by atoms with Gasteiger partial charge in [0.1, 0.15) is 23.0 Å². The molecule has 13 rings (SSSR count). The number of rotatable bonds is 4. The van der Waals surface area contributed by atoms with E-state index in [1.165, 1.54) is 93.2 Å². The molecular weight excluding hydrogens is 729 g/mol. The van der Waals surface area contributed by atoms with Crippen LogP contribution in [0.1, 0.15) is 0 Å². The summed E-state index contributed by atoms with van der Waals surface area (Å²) in [5, 5.41) is 9.64. The third-order valence-electron chi connectivity index (χ3n) is 12.7. The van der Waals surface area contributed by atoms with E-state index < -0.39 is 0 Å². The highest BCUT2D eigenvalue weighted by atomic mass is 16.5. The summed E-state index contributed by atoms with van der Waals surface area (Å²) in [6, 6.07) is 74.5. The lowest BCUT2D eigenvalue weighted by atomic mass is 9.87. The van der Waals surface area contributed by atoms with E-state index in [1.807, 2.05) is 12.1 Å². The minimum absolute atomic E-state index is 0.891. The summed E-state index contributed by atoms with van der Waals surface area (Å²) in [6.45, 7) is 0. The first kappa shape index (κ1) is 33.1. The van der Waals surface area contributed by atoms with Crippen LogP contribution in [0.15, 0.2) is 206 Å². The van der Waals surface area contributed by atoms with Gasteiger partial charge in [0, 0.05) is 21.9 Å². The predicted molar refractivity (Wildman–Crippen MR) is 249 cm³/mol. The van der Waals surface area contributed by atoms with Crippen LogP contribution >= 0.6 is 0 Å². The fourth-order valence-electron chi connectivity index (χ4n) is 9.96. The van der Waals surface area contributed by atoms with Crippen molar-refractivity contribution in [3.8, 4) is 89.8 Å². The maximum Gasteiger partial charge on any atom is 0.135 e. The molecule has 11 aromatic rings. The molecule has 2 aliphatic heterocycles. The fraction of sp³-hybridized carbons (Fsp3) is 0. The van der Waals surface area contributed by atoms with E-state index in [0.29, 0.717) is 0 Å². The molecule has 2 heterocycles. The molecule has 11 aromatic carbocycles. The van der Waals surface area contributed by atoms with Gasteiger partial charge in [-0.25, -0.2) is 0 Å². The summed E-state index contributed by atoms with van der Waals surface area (Å²) in [5.74, 6) is 3.62. The van der Waals surface area contributed by atoms with E-state index >= 15 is 0 Å². The minimum atomic E-state index is 0.891. The molecule has 60 heavy (non-hydrogen) atoms. The zero-order valence-corrected chi connectivity index (χ0v) is 32.4. The van der Waals surface area contributed by atoms with Crippen molar-refractivity contribution in [2.45, 2.75) is 0 Å². The van der Waals surface area contributed by atoms with Gasteiger partial charge in [0.25, 0.3) is 0 Å². The number of fused-ring (bicyclic) bond motifs is 6. The summed E-state index contributed by atoms with van der Waals surface area (Å²) in [5.41, 5.74) is 14.3. The summed E-state index contributed by atoms with van der Waals surface area (Å²) < 4.78 is 13.0. The van der Waals surface area contributed by atoms with Crippen LogP contribution in [-0.4, -0.2) is 0 Å². The lowest BCUT2D eigenvalue weighted by Crippen LogP contribution is -1.97. The van der Waals surface area contributed by atoms with Crippen LogP contribution in [0.2, 0.25) is 0 Å². The van der Waals surface area contributed by atoms with E-state index in [0.717, 1.165) is 39.7 Å². The van der Waals surface area contributed by atoms with Crippen molar-refractivity contribution in [2.24, 2.45) is 0 Å². The van der Waals surface area contributed by atoms with Gasteiger partial charge < -0.3 is 9.47 Å². The molecule has 0 amide bonds. The largest absolute Gasteiger partial charge is 0.456 e. The molecule has 0 fully saturated rings. The maximum atomic E-state index is 6.58. The van der Waals surface area contributed by atoms with Gasteiger partial charge in [-0.05, 0) is 118 Å². The van der Waals surface area contributed by atoms with E-state index in [9.17, 15) is 0 Å². The molecule has 2 nitrogen and oxygen atoms in total. The maximum absolute atomic E-state index is 6.58. The third-order valence-corrected chi connectivity index (χ3v) is 12.7. The second-order valence-corrected chi connectivity index (χ2v) is 15.9. The van der Waals surface area contributed by atoms with Crippen molar-refractivity contribution in [2.75, 3.05) is 0 Å². The fourth-order valence-corrected chi connectivity index (χ4v) is 9.96. The first-order valence-electron chi connectivity index (χ1n) is 20.6. The monoisotopic (exact) mass is 762 g/mol. The van der Waals surface area contributed by atoms with E-state index in [-0.39, 0.29) is 0 Å². The van der Waals surface area contributed by atoms with Gasteiger partial charge >= 0.3 is 0 Å². The summed E-state index contributed by atoms with van der Waals surface area (Å²) >= 11 is 0. The molecule has 2 aliphatic rings.